The van der Waals surface area contributed by atoms with Crippen molar-refractivity contribution in [3.8, 4) is 0 Å². The SMILES string of the molecule is CC(C)C(NC(=O)CCC1CCNCC1)c1nc(C2CC2)no1.Cl. The molecular formula is C17H29ClN4O2. The molecule has 1 amide bonds. The monoisotopic (exact) mass is 356 g/mol. The summed E-state index contributed by atoms with van der Waals surface area (Å²) in [5.41, 5.74) is 0. The van der Waals surface area contributed by atoms with Gasteiger partial charge in [0.1, 0.15) is 6.04 Å². The number of carbonyl (C=O) groups excluding carboxylic acids is 1. The van der Waals surface area contributed by atoms with Crippen molar-refractivity contribution in [2.45, 2.75) is 64.3 Å². The van der Waals surface area contributed by atoms with E-state index in [1.165, 1.54) is 12.8 Å². The topological polar surface area (TPSA) is 80.0 Å². The lowest BCUT2D eigenvalue weighted by molar-refractivity contribution is -0.122. The van der Waals surface area contributed by atoms with E-state index in [9.17, 15) is 4.79 Å². The number of halogens is 1. The van der Waals surface area contributed by atoms with E-state index in [-0.39, 0.29) is 30.3 Å². The number of carbonyl (C=O) groups is 1. The number of aromatic nitrogens is 2. The first kappa shape index (κ1) is 19.2. The summed E-state index contributed by atoms with van der Waals surface area (Å²) in [6, 6.07) is -0.185. The molecule has 6 nitrogen and oxygen atoms in total. The van der Waals surface area contributed by atoms with Crippen LogP contribution in [0.15, 0.2) is 4.52 Å². The first-order chi connectivity index (χ1) is 11.1. The van der Waals surface area contributed by atoms with Crippen molar-refractivity contribution < 1.29 is 9.32 Å². The number of hydrogen-bond acceptors (Lipinski definition) is 5. The molecule has 0 radical (unpaired) electrons. The van der Waals surface area contributed by atoms with Crippen LogP contribution in [0.5, 0.6) is 0 Å². The van der Waals surface area contributed by atoms with E-state index in [0.717, 1.165) is 38.2 Å². The quantitative estimate of drug-likeness (QED) is 0.785. The third-order valence-corrected chi connectivity index (χ3v) is 4.89. The number of amides is 1. The first-order valence-electron chi connectivity index (χ1n) is 8.97. The first-order valence-corrected chi connectivity index (χ1v) is 8.97. The van der Waals surface area contributed by atoms with Gasteiger partial charge in [-0.3, -0.25) is 4.79 Å². The molecule has 1 atom stereocenters. The van der Waals surface area contributed by atoms with Gasteiger partial charge in [-0.2, -0.15) is 4.98 Å². The van der Waals surface area contributed by atoms with Gasteiger partial charge >= 0.3 is 0 Å². The van der Waals surface area contributed by atoms with E-state index in [2.05, 4.69) is 34.6 Å². The fraction of sp³-hybridized carbons (Fsp3) is 0.824. The number of nitrogens with one attached hydrogen (secondary N) is 2. The van der Waals surface area contributed by atoms with Crippen LogP contribution in [0.2, 0.25) is 0 Å². The second kappa shape index (κ2) is 8.81. The molecule has 24 heavy (non-hydrogen) atoms. The lowest BCUT2D eigenvalue weighted by Gasteiger charge is -2.23. The molecule has 2 N–H and O–H groups in total. The van der Waals surface area contributed by atoms with E-state index in [1.54, 1.807) is 0 Å². The van der Waals surface area contributed by atoms with Crippen LogP contribution in [0.25, 0.3) is 0 Å². The Labute approximate surface area is 149 Å². The highest BCUT2D eigenvalue weighted by molar-refractivity contribution is 5.85. The van der Waals surface area contributed by atoms with Gasteiger partial charge in [-0.05, 0) is 57.0 Å². The molecule has 1 saturated heterocycles. The van der Waals surface area contributed by atoms with Gasteiger partial charge in [-0.15, -0.1) is 12.4 Å². The highest BCUT2D eigenvalue weighted by Gasteiger charge is 2.31. The standard InChI is InChI=1S/C17H28N4O2.ClH/c1-11(2)15(17-20-16(21-23-17)13-4-5-13)19-14(22)6-3-12-7-9-18-10-8-12;/h11-13,15,18H,3-10H2,1-2H3,(H,19,22);1H. The van der Waals surface area contributed by atoms with Crippen LogP contribution in [0.3, 0.4) is 0 Å². The van der Waals surface area contributed by atoms with Crippen LogP contribution < -0.4 is 10.6 Å². The average Bonchev–Trinajstić information content (AvgIpc) is 3.29. The predicted molar refractivity (Wildman–Crippen MR) is 94.1 cm³/mol. The summed E-state index contributed by atoms with van der Waals surface area (Å²) in [4.78, 5) is 16.8. The second-order valence-electron chi connectivity index (χ2n) is 7.29. The molecule has 1 aliphatic carbocycles. The molecule has 1 saturated carbocycles. The molecule has 7 heteroatoms. The lowest BCUT2D eigenvalue weighted by atomic mass is 9.93. The van der Waals surface area contributed by atoms with E-state index < -0.39 is 0 Å². The minimum atomic E-state index is -0.185. The summed E-state index contributed by atoms with van der Waals surface area (Å²) >= 11 is 0. The molecule has 136 valence electrons. The van der Waals surface area contributed by atoms with Crippen LogP contribution in [0, 0.1) is 11.8 Å². The number of piperidine rings is 1. The summed E-state index contributed by atoms with van der Waals surface area (Å²) in [5, 5.41) is 10.5. The maximum Gasteiger partial charge on any atom is 0.249 e. The van der Waals surface area contributed by atoms with Crippen molar-refractivity contribution in [2.75, 3.05) is 13.1 Å². The van der Waals surface area contributed by atoms with Crippen molar-refractivity contribution >= 4 is 18.3 Å². The highest BCUT2D eigenvalue weighted by atomic mass is 35.5. The average molecular weight is 357 g/mol. The summed E-state index contributed by atoms with van der Waals surface area (Å²) in [7, 11) is 0. The molecule has 0 aromatic carbocycles. The zero-order chi connectivity index (χ0) is 16.2. The molecular weight excluding hydrogens is 328 g/mol. The summed E-state index contributed by atoms with van der Waals surface area (Å²) < 4.78 is 5.40. The highest BCUT2D eigenvalue weighted by Crippen LogP contribution is 2.38. The van der Waals surface area contributed by atoms with Crippen molar-refractivity contribution in [3.63, 3.8) is 0 Å². The summed E-state index contributed by atoms with van der Waals surface area (Å²) in [5.74, 6) is 2.81. The third kappa shape index (κ3) is 5.18. The number of hydrogen-bond donors (Lipinski definition) is 2. The van der Waals surface area contributed by atoms with Crippen molar-refractivity contribution in [1.82, 2.24) is 20.8 Å². The summed E-state index contributed by atoms with van der Waals surface area (Å²) in [6.45, 7) is 6.29. The second-order valence-corrected chi connectivity index (χ2v) is 7.29. The minimum absolute atomic E-state index is 0. The van der Waals surface area contributed by atoms with Crippen molar-refractivity contribution in [2.24, 2.45) is 11.8 Å². The van der Waals surface area contributed by atoms with Crippen LogP contribution in [-0.2, 0) is 4.79 Å². The van der Waals surface area contributed by atoms with Crippen LogP contribution >= 0.6 is 12.4 Å². The number of rotatable bonds is 7. The molecule has 1 aromatic rings. The molecule has 2 aliphatic rings. The Morgan fingerprint density at radius 1 is 1.29 bits per heavy atom. The Balaban J connectivity index is 0.00000208. The third-order valence-electron chi connectivity index (χ3n) is 4.89. The van der Waals surface area contributed by atoms with Gasteiger partial charge < -0.3 is 15.2 Å². The fourth-order valence-electron chi connectivity index (χ4n) is 3.15. The van der Waals surface area contributed by atoms with Gasteiger partial charge in [0.2, 0.25) is 11.8 Å². The minimum Gasteiger partial charge on any atom is -0.344 e. The van der Waals surface area contributed by atoms with Gasteiger partial charge in [0.15, 0.2) is 5.82 Å². The molecule has 2 heterocycles. The summed E-state index contributed by atoms with van der Waals surface area (Å²) in [6.07, 6.45) is 6.19. The Morgan fingerprint density at radius 3 is 2.62 bits per heavy atom. The normalized spacial score (nSPS) is 19.8. The Hall–Kier alpha value is -1.14. The van der Waals surface area contributed by atoms with Crippen LogP contribution in [-0.4, -0.2) is 29.1 Å². The van der Waals surface area contributed by atoms with Gasteiger partial charge in [-0.1, -0.05) is 19.0 Å². The molecule has 1 aliphatic heterocycles. The largest absolute Gasteiger partial charge is 0.344 e. The van der Waals surface area contributed by atoms with Crippen molar-refractivity contribution in [1.29, 1.82) is 0 Å². The van der Waals surface area contributed by atoms with E-state index in [4.69, 9.17) is 4.52 Å². The van der Waals surface area contributed by atoms with Gasteiger partial charge in [0.25, 0.3) is 0 Å². The predicted octanol–water partition coefficient (Wildman–Crippen LogP) is 2.96. The molecule has 3 rings (SSSR count). The van der Waals surface area contributed by atoms with Gasteiger partial charge in [-0.25, -0.2) is 0 Å². The molecule has 2 fully saturated rings. The smallest absolute Gasteiger partial charge is 0.249 e. The number of nitrogens with zero attached hydrogens (tertiary/aromatic N) is 2. The lowest BCUT2D eigenvalue weighted by Crippen LogP contribution is -2.33. The van der Waals surface area contributed by atoms with Gasteiger partial charge in [0, 0.05) is 12.3 Å². The molecule has 1 aromatic heterocycles. The van der Waals surface area contributed by atoms with Crippen LogP contribution in [0.4, 0.5) is 0 Å². The van der Waals surface area contributed by atoms with Crippen molar-refractivity contribution in [3.05, 3.63) is 11.7 Å². The molecule has 1 unspecified atom stereocenters. The maximum absolute atomic E-state index is 12.3. The van der Waals surface area contributed by atoms with Crippen LogP contribution in [0.1, 0.15) is 76.0 Å². The Bertz CT molecular complexity index is 524. The Morgan fingerprint density at radius 2 is 2.00 bits per heavy atom. The zero-order valence-corrected chi connectivity index (χ0v) is 15.4. The Kier molecular flexibility index (Phi) is 7.04. The zero-order valence-electron chi connectivity index (χ0n) is 14.6. The maximum atomic E-state index is 12.3. The fourth-order valence-corrected chi connectivity index (χ4v) is 3.15. The molecule has 0 bridgehead atoms. The van der Waals surface area contributed by atoms with E-state index >= 15 is 0 Å². The van der Waals surface area contributed by atoms with E-state index in [1.807, 2.05) is 0 Å². The molecule has 0 spiro atoms. The van der Waals surface area contributed by atoms with E-state index in [0.29, 0.717) is 24.1 Å². The van der Waals surface area contributed by atoms with Gasteiger partial charge in [0.05, 0.1) is 0 Å².